The predicted molar refractivity (Wildman–Crippen MR) is 115 cm³/mol. The molecular weight excluding hydrogens is 428 g/mol. The highest BCUT2D eigenvalue weighted by atomic mass is 79.9. The van der Waals surface area contributed by atoms with E-state index in [1.54, 1.807) is 4.68 Å². The van der Waals surface area contributed by atoms with Crippen molar-refractivity contribution in [2.75, 3.05) is 6.54 Å². The summed E-state index contributed by atoms with van der Waals surface area (Å²) in [6.45, 7) is 1.08. The molecular formula is C23H23BrN4O. The fourth-order valence-corrected chi connectivity index (χ4v) is 5.19. The molecule has 1 saturated carbocycles. The minimum absolute atomic E-state index is 0.0653. The lowest BCUT2D eigenvalue weighted by molar-refractivity contribution is 0.0272. The van der Waals surface area contributed by atoms with Crippen LogP contribution in [-0.4, -0.2) is 32.2 Å². The molecule has 0 radical (unpaired) electrons. The monoisotopic (exact) mass is 450 g/mol. The Morgan fingerprint density at radius 2 is 1.76 bits per heavy atom. The maximum atomic E-state index is 12.9. The van der Waals surface area contributed by atoms with Gasteiger partial charge in [-0.05, 0) is 42.7 Å². The number of fused-ring (bicyclic) bond motifs is 2. The molecule has 5 nitrogen and oxygen atoms in total. The van der Waals surface area contributed by atoms with Crippen molar-refractivity contribution in [1.29, 1.82) is 0 Å². The minimum Gasteiger partial charge on any atom is -0.293 e. The van der Waals surface area contributed by atoms with Crippen molar-refractivity contribution >= 4 is 21.7 Å². The lowest BCUT2D eigenvalue weighted by atomic mass is 9.71. The van der Waals surface area contributed by atoms with Gasteiger partial charge in [-0.15, -0.1) is 5.10 Å². The van der Waals surface area contributed by atoms with E-state index in [0.717, 1.165) is 34.3 Å². The van der Waals surface area contributed by atoms with Crippen LogP contribution in [0.3, 0.4) is 0 Å². The first-order chi connectivity index (χ1) is 14.2. The van der Waals surface area contributed by atoms with Gasteiger partial charge in [-0.25, -0.2) is 4.68 Å². The number of ketones is 1. The third kappa shape index (κ3) is 3.34. The van der Waals surface area contributed by atoms with Crippen LogP contribution in [0, 0.1) is 0 Å². The van der Waals surface area contributed by atoms with Crippen LogP contribution in [0.4, 0.5) is 0 Å². The Bertz CT molecular complexity index is 1040. The van der Waals surface area contributed by atoms with Crippen molar-refractivity contribution in [1.82, 2.24) is 19.9 Å². The highest BCUT2D eigenvalue weighted by molar-refractivity contribution is 9.10. The van der Waals surface area contributed by atoms with Crippen LogP contribution < -0.4 is 0 Å². The summed E-state index contributed by atoms with van der Waals surface area (Å²) in [5, 5.41) is 8.73. The van der Waals surface area contributed by atoms with Crippen LogP contribution in [0.5, 0.6) is 0 Å². The molecule has 1 fully saturated rings. The van der Waals surface area contributed by atoms with Gasteiger partial charge in [-0.3, -0.25) is 9.69 Å². The summed E-state index contributed by atoms with van der Waals surface area (Å²) in [7, 11) is 0. The lowest BCUT2D eigenvalue weighted by Crippen LogP contribution is -2.53. The van der Waals surface area contributed by atoms with Crippen LogP contribution in [0.1, 0.15) is 53.7 Å². The maximum Gasteiger partial charge on any atom is 0.177 e. The molecule has 0 amide bonds. The third-order valence-electron chi connectivity index (χ3n) is 6.33. The number of aromatic nitrogens is 3. The number of hydrogen-bond acceptors (Lipinski definition) is 4. The van der Waals surface area contributed by atoms with Crippen LogP contribution in [0.2, 0.25) is 0 Å². The van der Waals surface area contributed by atoms with E-state index in [1.165, 1.54) is 24.8 Å². The third-order valence-corrected chi connectivity index (χ3v) is 6.86. The van der Waals surface area contributed by atoms with Gasteiger partial charge in [0.15, 0.2) is 5.78 Å². The summed E-state index contributed by atoms with van der Waals surface area (Å²) >= 11 is 3.46. The average molecular weight is 451 g/mol. The Hall–Kier alpha value is -2.31. The zero-order valence-corrected chi connectivity index (χ0v) is 17.8. The van der Waals surface area contributed by atoms with Gasteiger partial charge in [-0.2, -0.15) is 0 Å². The second-order valence-corrected chi connectivity index (χ2v) is 8.96. The van der Waals surface area contributed by atoms with Gasteiger partial charge in [0.05, 0.1) is 24.1 Å². The first-order valence-electron chi connectivity index (χ1n) is 10.2. The molecule has 2 aliphatic rings. The molecule has 1 aliphatic heterocycles. The van der Waals surface area contributed by atoms with Crippen molar-refractivity contribution in [3.05, 3.63) is 76.0 Å². The molecule has 0 N–H and O–H groups in total. The molecule has 148 valence electrons. The van der Waals surface area contributed by atoms with Gasteiger partial charge in [0.2, 0.25) is 0 Å². The molecule has 0 bridgehead atoms. The van der Waals surface area contributed by atoms with Crippen LogP contribution >= 0.6 is 15.9 Å². The van der Waals surface area contributed by atoms with Crippen molar-refractivity contribution in [3.63, 3.8) is 0 Å². The van der Waals surface area contributed by atoms with Gasteiger partial charge in [-0.1, -0.05) is 64.7 Å². The molecule has 1 aliphatic carbocycles. The van der Waals surface area contributed by atoms with E-state index >= 15 is 0 Å². The Morgan fingerprint density at radius 1 is 1.00 bits per heavy atom. The van der Waals surface area contributed by atoms with Gasteiger partial charge < -0.3 is 0 Å². The number of benzene rings is 2. The Kier molecular flexibility index (Phi) is 4.84. The van der Waals surface area contributed by atoms with E-state index < -0.39 is 0 Å². The normalized spacial score (nSPS) is 18.7. The first-order valence-corrected chi connectivity index (χ1v) is 11.0. The Morgan fingerprint density at radius 3 is 2.55 bits per heavy atom. The lowest BCUT2D eigenvalue weighted by Gasteiger charge is -2.49. The van der Waals surface area contributed by atoms with Gasteiger partial charge in [0.25, 0.3) is 0 Å². The number of rotatable bonds is 3. The van der Waals surface area contributed by atoms with Crippen molar-refractivity contribution in [2.24, 2.45) is 0 Å². The maximum absolute atomic E-state index is 12.9. The summed E-state index contributed by atoms with van der Waals surface area (Å²) in [4.78, 5) is 15.2. The van der Waals surface area contributed by atoms with E-state index in [9.17, 15) is 4.79 Å². The Labute approximate surface area is 178 Å². The molecule has 0 unspecified atom stereocenters. The average Bonchev–Trinajstić information content (AvgIpc) is 3.22. The number of halogens is 1. The summed E-state index contributed by atoms with van der Waals surface area (Å²) in [5.74, 6) is 0.206. The van der Waals surface area contributed by atoms with E-state index in [2.05, 4.69) is 43.3 Å². The molecule has 6 heteroatoms. The summed E-state index contributed by atoms with van der Waals surface area (Å²) in [6, 6.07) is 16.2. The van der Waals surface area contributed by atoms with Crippen molar-refractivity contribution in [2.45, 2.75) is 44.2 Å². The second kappa shape index (κ2) is 7.50. The highest BCUT2D eigenvalue weighted by Gasteiger charge is 2.45. The minimum atomic E-state index is -0.0653. The standard InChI is InChI=1S/C23H23BrN4O/c24-17-8-10-19(11-9-17)28-15-18(25-26-28)14-27-16-22(29)20-6-2-3-7-21(20)23(27)12-4-1-5-13-23/h2-3,6-11,15H,1,4-5,12-14,16H2. The van der Waals surface area contributed by atoms with E-state index in [-0.39, 0.29) is 11.3 Å². The van der Waals surface area contributed by atoms with Crippen LogP contribution in [-0.2, 0) is 12.1 Å². The predicted octanol–water partition coefficient (Wildman–Crippen LogP) is 4.89. The fraction of sp³-hybridized carbons (Fsp3) is 0.348. The SMILES string of the molecule is O=C1CN(Cc2cn(-c3ccc(Br)cc3)nn2)C2(CCCCC2)c2ccccc21. The number of Topliss-reactive ketones (excluding diaryl/α,β-unsaturated/α-hetero) is 1. The number of hydrogen-bond donors (Lipinski definition) is 0. The molecule has 1 spiro atoms. The van der Waals surface area contributed by atoms with E-state index in [0.29, 0.717) is 13.1 Å². The summed E-state index contributed by atoms with van der Waals surface area (Å²) in [5.41, 5.74) is 3.91. The molecule has 2 aromatic carbocycles. The van der Waals surface area contributed by atoms with Crippen molar-refractivity contribution in [3.8, 4) is 5.69 Å². The first kappa shape index (κ1) is 18.7. The van der Waals surface area contributed by atoms with Crippen LogP contribution in [0.25, 0.3) is 5.69 Å². The summed E-state index contributed by atoms with van der Waals surface area (Å²) in [6.07, 6.45) is 7.84. The molecule has 2 heterocycles. The molecule has 3 aromatic rings. The zero-order valence-electron chi connectivity index (χ0n) is 16.2. The quantitative estimate of drug-likeness (QED) is 0.569. The Balaban J connectivity index is 1.47. The molecule has 29 heavy (non-hydrogen) atoms. The molecule has 0 saturated heterocycles. The van der Waals surface area contributed by atoms with Gasteiger partial charge in [0, 0.05) is 22.1 Å². The smallest absolute Gasteiger partial charge is 0.177 e. The van der Waals surface area contributed by atoms with E-state index in [1.807, 2.05) is 42.6 Å². The molecule has 0 atom stereocenters. The van der Waals surface area contributed by atoms with E-state index in [4.69, 9.17) is 0 Å². The molecule has 5 rings (SSSR count). The van der Waals surface area contributed by atoms with Crippen molar-refractivity contribution < 1.29 is 4.79 Å². The number of carbonyl (C=O) groups is 1. The molecule has 1 aromatic heterocycles. The number of carbonyl (C=O) groups excluding carboxylic acids is 1. The number of nitrogens with zero attached hydrogens (tertiary/aromatic N) is 4. The zero-order chi connectivity index (χ0) is 19.8. The van der Waals surface area contributed by atoms with Crippen LogP contribution in [0.15, 0.2) is 59.2 Å². The van der Waals surface area contributed by atoms with Gasteiger partial charge >= 0.3 is 0 Å². The topological polar surface area (TPSA) is 51.0 Å². The summed E-state index contributed by atoms with van der Waals surface area (Å²) < 4.78 is 2.83. The fourth-order valence-electron chi connectivity index (χ4n) is 4.93. The highest BCUT2D eigenvalue weighted by Crippen LogP contribution is 2.46. The van der Waals surface area contributed by atoms with Gasteiger partial charge in [0.1, 0.15) is 0 Å². The largest absolute Gasteiger partial charge is 0.293 e. The second-order valence-electron chi connectivity index (χ2n) is 8.05.